The number of anilines is 1. The van der Waals surface area contributed by atoms with E-state index in [0.717, 1.165) is 43.2 Å². The van der Waals surface area contributed by atoms with Gasteiger partial charge in [-0.2, -0.15) is 0 Å². The summed E-state index contributed by atoms with van der Waals surface area (Å²) in [4.78, 5) is 26.8. The van der Waals surface area contributed by atoms with Gasteiger partial charge in [0.05, 0.1) is 32.6 Å². The van der Waals surface area contributed by atoms with Gasteiger partial charge in [-0.05, 0) is 56.4 Å². The fourth-order valence-electron chi connectivity index (χ4n) is 4.49. The Hall–Kier alpha value is -3.05. The molecular weight excluding hydrogens is 512 g/mol. The lowest BCUT2D eigenvalue weighted by Crippen LogP contribution is -2.17. The number of aryl methyl sites for hydroxylation is 1. The topological polar surface area (TPSA) is 105 Å². The molecule has 1 amide bonds. The predicted octanol–water partition coefficient (Wildman–Crippen LogP) is 5.22. The maximum absolute atomic E-state index is 13.0. The van der Waals surface area contributed by atoms with Gasteiger partial charge in [0.2, 0.25) is 5.91 Å². The summed E-state index contributed by atoms with van der Waals surface area (Å²) in [7, 11) is 4.56. The van der Waals surface area contributed by atoms with E-state index < -0.39 is 5.97 Å². The molecule has 2 heterocycles. The Kier molecular flexibility index (Phi) is 9.09. The second kappa shape index (κ2) is 12.5. The molecule has 1 N–H and O–H groups in total. The SMILES string of the molecule is CCn1c(SCC(=O)Nc2sc3c(c2C(=O)OC)CCCCCC3)nnc1-c1ccc(OC)c(OC)c1. The smallest absolute Gasteiger partial charge is 0.341 e. The van der Waals surface area contributed by atoms with Crippen LogP contribution in [0.2, 0.25) is 0 Å². The molecule has 3 aromatic rings. The Morgan fingerprint density at radius 3 is 2.51 bits per heavy atom. The molecule has 9 nitrogen and oxygen atoms in total. The minimum absolute atomic E-state index is 0.132. The molecule has 0 saturated heterocycles. The normalized spacial score (nSPS) is 13.3. The first-order valence-corrected chi connectivity index (χ1v) is 14.1. The van der Waals surface area contributed by atoms with Crippen LogP contribution >= 0.6 is 23.1 Å². The van der Waals surface area contributed by atoms with Crippen LogP contribution in [-0.2, 0) is 28.9 Å². The number of methoxy groups -OCH3 is 3. The van der Waals surface area contributed by atoms with Crippen molar-refractivity contribution in [2.24, 2.45) is 0 Å². The average molecular weight is 545 g/mol. The highest BCUT2D eigenvalue weighted by molar-refractivity contribution is 7.99. The van der Waals surface area contributed by atoms with Crippen LogP contribution in [0.15, 0.2) is 23.4 Å². The first-order chi connectivity index (χ1) is 18.0. The molecule has 0 bridgehead atoms. The van der Waals surface area contributed by atoms with E-state index in [1.54, 1.807) is 14.2 Å². The van der Waals surface area contributed by atoms with E-state index in [9.17, 15) is 9.59 Å². The molecule has 0 unspecified atom stereocenters. The van der Waals surface area contributed by atoms with E-state index in [1.807, 2.05) is 29.7 Å². The molecule has 198 valence electrons. The minimum atomic E-state index is -0.397. The highest BCUT2D eigenvalue weighted by Gasteiger charge is 2.26. The van der Waals surface area contributed by atoms with Crippen molar-refractivity contribution in [3.05, 3.63) is 34.2 Å². The van der Waals surface area contributed by atoms with E-state index in [1.165, 1.54) is 41.5 Å². The van der Waals surface area contributed by atoms with Crippen molar-refractivity contribution in [2.75, 3.05) is 32.4 Å². The summed E-state index contributed by atoms with van der Waals surface area (Å²) in [5.41, 5.74) is 2.38. The van der Waals surface area contributed by atoms with Crippen LogP contribution in [0.3, 0.4) is 0 Å². The van der Waals surface area contributed by atoms with Gasteiger partial charge in [-0.1, -0.05) is 24.6 Å². The Morgan fingerprint density at radius 1 is 1.05 bits per heavy atom. The number of benzene rings is 1. The number of esters is 1. The molecular formula is C26H32N4O5S2. The second-order valence-electron chi connectivity index (χ2n) is 8.57. The fourth-order valence-corrected chi connectivity index (χ4v) is 6.58. The average Bonchev–Trinajstić information content (AvgIpc) is 3.46. The third-order valence-electron chi connectivity index (χ3n) is 6.32. The van der Waals surface area contributed by atoms with Crippen molar-refractivity contribution in [3.63, 3.8) is 0 Å². The van der Waals surface area contributed by atoms with Crippen LogP contribution in [0, 0.1) is 0 Å². The number of nitrogens with zero attached hydrogens (tertiary/aromatic N) is 3. The number of aromatic nitrogens is 3. The molecule has 2 aromatic heterocycles. The second-order valence-corrected chi connectivity index (χ2v) is 10.6. The number of rotatable bonds is 9. The van der Waals surface area contributed by atoms with Crippen molar-refractivity contribution in [3.8, 4) is 22.9 Å². The van der Waals surface area contributed by atoms with E-state index in [-0.39, 0.29) is 11.7 Å². The summed E-state index contributed by atoms with van der Waals surface area (Å²) >= 11 is 2.80. The van der Waals surface area contributed by atoms with Crippen LogP contribution in [0.1, 0.15) is 53.4 Å². The molecule has 4 rings (SSSR count). The summed E-state index contributed by atoms with van der Waals surface area (Å²) in [6, 6.07) is 5.58. The van der Waals surface area contributed by atoms with Gasteiger partial charge in [0, 0.05) is 17.0 Å². The molecule has 0 saturated carbocycles. The monoisotopic (exact) mass is 544 g/mol. The molecule has 0 aliphatic heterocycles. The van der Waals surface area contributed by atoms with Crippen LogP contribution in [0.5, 0.6) is 11.5 Å². The first-order valence-electron chi connectivity index (χ1n) is 12.3. The maximum atomic E-state index is 13.0. The molecule has 1 aromatic carbocycles. The minimum Gasteiger partial charge on any atom is -0.493 e. The molecule has 11 heteroatoms. The lowest BCUT2D eigenvalue weighted by molar-refractivity contribution is -0.113. The highest BCUT2D eigenvalue weighted by atomic mass is 32.2. The molecule has 37 heavy (non-hydrogen) atoms. The van der Waals surface area contributed by atoms with Crippen molar-refractivity contribution >= 4 is 40.0 Å². The highest BCUT2D eigenvalue weighted by Crippen LogP contribution is 2.38. The third kappa shape index (κ3) is 5.93. The zero-order valence-corrected chi connectivity index (χ0v) is 23.2. The van der Waals surface area contributed by atoms with E-state index in [0.29, 0.717) is 39.6 Å². The number of carbonyl (C=O) groups is 2. The number of thioether (sulfide) groups is 1. The number of carbonyl (C=O) groups excluding carboxylic acids is 2. The molecule has 1 aliphatic rings. The number of hydrogen-bond donors (Lipinski definition) is 1. The van der Waals surface area contributed by atoms with Crippen molar-refractivity contribution in [2.45, 2.75) is 57.1 Å². The number of nitrogens with one attached hydrogen (secondary N) is 1. The van der Waals surface area contributed by atoms with Crippen LogP contribution in [0.25, 0.3) is 11.4 Å². The quantitative estimate of drug-likeness (QED) is 0.289. The number of hydrogen-bond acceptors (Lipinski definition) is 9. The van der Waals surface area contributed by atoms with Crippen LogP contribution in [0.4, 0.5) is 5.00 Å². The lowest BCUT2D eigenvalue weighted by atomic mass is 9.96. The number of fused-ring (bicyclic) bond motifs is 1. The summed E-state index contributed by atoms with van der Waals surface area (Å²) < 4.78 is 17.8. The predicted molar refractivity (Wildman–Crippen MR) is 145 cm³/mol. The largest absolute Gasteiger partial charge is 0.493 e. The van der Waals surface area contributed by atoms with E-state index in [2.05, 4.69) is 15.5 Å². The van der Waals surface area contributed by atoms with Gasteiger partial charge in [0.1, 0.15) is 5.00 Å². The zero-order chi connectivity index (χ0) is 26.4. The van der Waals surface area contributed by atoms with E-state index in [4.69, 9.17) is 14.2 Å². The van der Waals surface area contributed by atoms with Crippen molar-refractivity contribution in [1.82, 2.24) is 14.8 Å². The van der Waals surface area contributed by atoms with Gasteiger partial charge in [-0.15, -0.1) is 21.5 Å². The van der Waals surface area contributed by atoms with Gasteiger partial charge < -0.3 is 24.1 Å². The summed E-state index contributed by atoms with van der Waals surface area (Å²) in [6.07, 6.45) is 6.22. The Balaban J connectivity index is 1.50. The van der Waals surface area contributed by atoms with Crippen molar-refractivity contribution < 1.29 is 23.8 Å². The molecule has 0 radical (unpaired) electrons. The maximum Gasteiger partial charge on any atom is 0.341 e. The van der Waals surface area contributed by atoms with E-state index >= 15 is 0 Å². The molecule has 1 aliphatic carbocycles. The standard InChI is InChI=1S/C26H32N4O5S2/c1-5-30-23(16-12-13-18(33-2)19(14-16)34-3)28-29-26(30)36-15-21(31)27-24-22(25(32)35-4)17-10-8-6-7-9-11-20(17)37-24/h12-14H,5-11,15H2,1-4H3,(H,27,31). The third-order valence-corrected chi connectivity index (χ3v) is 8.49. The zero-order valence-electron chi connectivity index (χ0n) is 21.6. The van der Waals surface area contributed by atoms with Gasteiger partial charge in [-0.25, -0.2) is 4.79 Å². The first kappa shape index (κ1) is 27.0. The molecule has 0 atom stereocenters. The van der Waals surface area contributed by atoms with Gasteiger partial charge >= 0.3 is 5.97 Å². The molecule has 0 fully saturated rings. The lowest BCUT2D eigenvalue weighted by Gasteiger charge is -2.11. The van der Waals surface area contributed by atoms with Crippen LogP contribution in [-0.4, -0.2) is 53.7 Å². The van der Waals surface area contributed by atoms with Gasteiger partial charge in [0.15, 0.2) is 22.5 Å². The van der Waals surface area contributed by atoms with Gasteiger partial charge in [0.25, 0.3) is 0 Å². The van der Waals surface area contributed by atoms with Crippen LogP contribution < -0.4 is 14.8 Å². The fraction of sp³-hybridized carbons (Fsp3) is 0.462. The Labute approximate surface area is 224 Å². The van der Waals surface area contributed by atoms with Gasteiger partial charge in [-0.3, -0.25) is 4.79 Å². The Morgan fingerprint density at radius 2 is 1.81 bits per heavy atom. The number of ether oxygens (including phenoxy) is 3. The number of thiophene rings is 1. The molecule has 0 spiro atoms. The summed E-state index contributed by atoms with van der Waals surface area (Å²) in [5.74, 6) is 1.44. The summed E-state index contributed by atoms with van der Waals surface area (Å²) in [6.45, 7) is 2.63. The number of amides is 1. The summed E-state index contributed by atoms with van der Waals surface area (Å²) in [5, 5.41) is 12.9. The Bertz CT molecular complexity index is 1270. The van der Waals surface area contributed by atoms with Crippen molar-refractivity contribution in [1.29, 1.82) is 0 Å².